The van der Waals surface area contributed by atoms with Gasteiger partial charge in [-0.2, -0.15) is 0 Å². The number of nitrogens with one attached hydrogen (secondary N) is 1. The largest absolute Gasteiger partial charge is 0.497 e. The average Bonchev–Trinajstić information content (AvgIpc) is 2.53. The van der Waals surface area contributed by atoms with Gasteiger partial charge in [-0.3, -0.25) is 0 Å². The molecule has 4 heteroatoms. The summed E-state index contributed by atoms with van der Waals surface area (Å²) in [7, 11) is 1.59. The molecule has 0 fully saturated rings. The van der Waals surface area contributed by atoms with Crippen LogP contribution in [0.25, 0.3) is 11.0 Å². The molecule has 0 atom stereocenters. The molecule has 0 bridgehead atoms. The van der Waals surface area contributed by atoms with Gasteiger partial charge in [-0.1, -0.05) is 17.7 Å². The highest BCUT2D eigenvalue weighted by atomic mass is 16.5. The minimum atomic E-state index is -0.360. The van der Waals surface area contributed by atoms with Crippen molar-refractivity contribution in [1.29, 1.82) is 0 Å². The van der Waals surface area contributed by atoms with Gasteiger partial charge in [0.25, 0.3) is 0 Å². The minimum Gasteiger partial charge on any atom is -0.497 e. The Bertz CT molecular complexity index is 850. The molecular weight excluding hydrogens is 278 g/mol. The van der Waals surface area contributed by atoms with E-state index in [1.807, 2.05) is 43.3 Å². The summed E-state index contributed by atoms with van der Waals surface area (Å²) in [6.07, 6.45) is 0. The average molecular weight is 295 g/mol. The van der Waals surface area contributed by atoms with Crippen molar-refractivity contribution >= 4 is 16.7 Å². The highest BCUT2D eigenvalue weighted by molar-refractivity contribution is 5.81. The topological polar surface area (TPSA) is 51.5 Å². The fourth-order valence-electron chi connectivity index (χ4n) is 2.35. The van der Waals surface area contributed by atoms with E-state index in [1.165, 1.54) is 11.6 Å². The lowest BCUT2D eigenvalue weighted by molar-refractivity contribution is 0.414. The predicted octanol–water partition coefficient (Wildman–Crippen LogP) is 3.72. The molecule has 3 aromatic rings. The molecule has 0 saturated heterocycles. The van der Waals surface area contributed by atoms with Crippen molar-refractivity contribution in [3.63, 3.8) is 0 Å². The van der Waals surface area contributed by atoms with Crippen LogP contribution >= 0.6 is 0 Å². The molecule has 0 aliphatic rings. The third-order valence-electron chi connectivity index (χ3n) is 3.57. The van der Waals surface area contributed by atoms with Crippen molar-refractivity contribution in [1.82, 2.24) is 0 Å². The molecular formula is C18H17NO3. The summed E-state index contributed by atoms with van der Waals surface area (Å²) in [5.41, 5.74) is 3.30. The van der Waals surface area contributed by atoms with Crippen LogP contribution in [0.5, 0.6) is 5.75 Å². The van der Waals surface area contributed by atoms with E-state index in [-0.39, 0.29) is 5.63 Å². The summed E-state index contributed by atoms with van der Waals surface area (Å²) in [5, 5.41) is 4.23. The van der Waals surface area contributed by atoms with E-state index in [4.69, 9.17) is 9.15 Å². The lowest BCUT2D eigenvalue weighted by Gasteiger charge is -2.09. The van der Waals surface area contributed by atoms with E-state index < -0.39 is 0 Å². The molecule has 1 heterocycles. The lowest BCUT2D eigenvalue weighted by Crippen LogP contribution is -2.05. The van der Waals surface area contributed by atoms with Gasteiger partial charge in [0.1, 0.15) is 11.3 Å². The van der Waals surface area contributed by atoms with Crippen LogP contribution in [0.15, 0.2) is 57.7 Å². The van der Waals surface area contributed by atoms with Gasteiger partial charge >= 0.3 is 5.63 Å². The molecule has 1 N–H and O–H groups in total. The number of rotatable bonds is 4. The number of benzene rings is 2. The fourth-order valence-corrected chi connectivity index (χ4v) is 2.35. The number of methoxy groups -OCH3 is 1. The molecule has 22 heavy (non-hydrogen) atoms. The first-order valence-corrected chi connectivity index (χ1v) is 7.07. The highest BCUT2D eigenvalue weighted by Gasteiger charge is 2.07. The number of fused-ring (bicyclic) bond motifs is 1. The third-order valence-corrected chi connectivity index (χ3v) is 3.57. The molecule has 0 aliphatic heterocycles. The van der Waals surface area contributed by atoms with Gasteiger partial charge in [0.2, 0.25) is 0 Å². The van der Waals surface area contributed by atoms with Crippen LogP contribution in [0.3, 0.4) is 0 Å². The molecule has 0 saturated carbocycles. The van der Waals surface area contributed by atoms with Crippen LogP contribution in [0, 0.1) is 6.92 Å². The van der Waals surface area contributed by atoms with E-state index in [1.54, 1.807) is 13.2 Å². The van der Waals surface area contributed by atoms with Crippen LogP contribution in [-0.4, -0.2) is 7.11 Å². The van der Waals surface area contributed by atoms with Crippen molar-refractivity contribution in [3.05, 3.63) is 70.1 Å². The summed E-state index contributed by atoms with van der Waals surface area (Å²) in [4.78, 5) is 11.7. The molecule has 0 amide bonds. The third kappa shape index (κ3) is 2.96. The normalized spacial score (nSPS) is 10.6. The Balaban J connectivity index is 1.92. The number of hydrogen-bond acceptors (Lipinski definition) is 4. The second-order valence-electron chi connectivity index (χ2n) is 5.17. The van der Waals surface area contributed by atoms with Gasteiger partial charge in [-0.25, -0.2) is 4.79 Å². The number of ether oxygens (including phenoxy) is 1. The smallest absolute Gasteiger partial charge is 0.336 e. The van der Waals surface area contributed by atoms with Crippen LogP contribution < -0.4 is 15.7 Å². The van der Waals surface area contributed by atoms with Crippen LogP contribution in [-0.2, 0) is 6.54 Å². The zero-order valence-corrected chi connectivity index (χ0v) is 12.6. The Labute approximate surface area is 128 Å². The van der Waals surface area contributed by atoms with Crippen molar-refractivity contribution in [2.24, 2.45) is 0 Å². The monoisotopic (exact) mass is 295 g/mol. The van der Waals surface area contributed by atoms with E-state index in [0.29, 0.717) is 17.9 Å². The Morgan fingerprint density at radius 1 is 1.09 bits per heavy atom. The van der Waals surface area contributed by atoms with Gasteiger partial charge in [0.15, 0.2) is 0 Å². The maximum atomic E-state index is 11.7. The maximum absolute atomic E-state index is 11.7. The Morgan fingerprint density at radius 2 is 1.86 bits per heavy atom. The van der Waals surface area contributed by atoms with E-state index in [2.05, 4.69) is 5.32 Å². The van der Waals surface area contributed by atoms with Gasteiger partial charge in [-0.05, 0) is 36.8 Å². The second kappa shape index (κ2) is 5.93. The molecule has 0 spiro atoms. The molecule has 4 nitrogen and oxygen atoms in total. The van der Waals surface area contributed by atoms with Gasteiger partial charge in [0, 0.05) is 29.8 Å². The predicted molar refractivity (Wildman–Crippen MR) is 87.5 cm³/mol. The fraction of sp³-hybridized carbons (Fsp3) is 0.167. The molecule has 1 aromatic heterocycles. The van der Waals surface area contributed by atoms with Gasteiger partial charge in [-0.15, -0.1) is 0 Å². The van der Waals surface area contributed by atoms with E-state index in [0.717, 1.165) is 16.6 Å². The molecule has 0 unspecified atom stereocenters. The summed E-state index contributed by atoms with van der Waals surface area (Å²) in [6, 6.07) is 15.1. The standard InChI is InChI=1S/C18H17NO3/c1-12-3-5-14(6-4-12)19-11-13-9-18(20)22-17-10-15(21-2)7-8-16(13)17/h3-10,19H,11H2,1-2H3. The first-order chi connectivity index (χ1) is 10.7. The molecule has 112 valence electrons. The van der Waals surface area contributed by atoms with E-state index in [9.17, 15) is 4.79 Å². The number of anilines is 1. The summed E-state index contributed by atoms with van der Waals surface area (Å²) < 4.78 is 10.4. The van der Waals surface area contributed by atoms with Crippen molar-refractivity contribution in [3.8, 4) is 5.75 Å². The summed E-state index contributed by atoms with van der Waals surface area (Å²) >= 11 is 0. The summed E-state index contributed by atoms with van der Waals surface area (Å²) in [6.45, 7) is 2.60. The van der Waals surface area contributed by atoms with Crippen LogP contribution in [0.1, 0.15) is 11.1 Å². The first kappa shape index (κ1) is 14.2. The van der Waals surface area contributed by atoms with Gasteiger partial charge in [0.05, 0.1) is 7.11 Å². The Morgan fingerprint density at radius 3 is 2.59 bits per heavy atom. The first-order valence-electron chi connectivity index (χ1n) is 7.07. The van der Waals surface area contributed by atoms with Crippen molar-refractivity contribution < 1.29 is 9.15 Å². The molecule has 3 rings (SSSR count). The second-order valence-corrected chi connectivity index (χ2v) is 5.17. The maximum Gasteiger partial charge on any atom is 0.336 e. The SMILES string of the molecule is COc1ccc2c(CNc3ccc(C)cc3)cc(=O)oc2c1. The molecule has 0 radical (unpaired) electrons. The van der Waals surface area contributed by atoms with Gasteiger partial charge < -0.3 is 14.5 Å². The van der Waals surface area contributed by atoms with Crippen LogP contribution in [0.2, 0.25) is 0 Å². The Hall–Kier alpha value is -2.75. The lowest BCUT2D eigenvalue weighted by atomic mass is 10.1. The molecule has 2 aromatic carbocycles. The zero-order chi connectivity index (χ0) is 15.5. The minimum absolute atomic E-state index is 0.360. The quantitative estimate of drug-likeness (QED) is 0.745. The number of hydrogen-bond donors (Lipinski definition) is 1. The zero-order valence-electron chi connectivity index (χ0n) is 12.6. The van der Waals surface area contributed by atoms with Crippen LogP contribution in [0.4, 0.5) is 5.69 Å². The van der Waals surface area contributed by atoms with Crippen molar-refractivity contribution in [2.75, 3.05) is 12.4 Å². The highest BCUT2D eigenvalue weighted by Crippen LogP contribution is 2.23. The van der Waals surface area contributed by atoms with E-state index >= 15 is 0 Å². The number of aryl methyl sites for hydroxylation is 1. The van der Waals surface area contributed by atoms with Crippen molar-refractivity contribution in [2.45, 2.75) is 13.5 Å². The summed E-state index contributed by atoms with van der Waals surface area (Å²) in [5.74, 6) is 0.666. The molecule has 0 aliphatic carbocycles. The Kier molecular flexibility index (Phi) is 3.83.